The Bertz CT molecular complexity index is 1310. The van der Waals surface area contributed by atoms with Crippen molar-refractivity contribution in [2.24, 2.45) is 0 Å². The maximum Gasteiger partial charge on any atom is 0.272 e. The topological polar surface area (TPSA) is 111 Å². The highest BCUT2D eigenvalue weighted by Gasteiger charge is 2.11. The lowest BCUT2D eigenvalue weighted by atomic mass is 10.1. The number of hydrogen-bond donors (Lipinski definition) is 4. The highest BCUT2D eigenvalue weighted by Crippen LogP contribution is 2.26. The quantitative estimate of drug-likeness (QED) is 0.354. The Morgan fingerprint density at radius 2 is 1.80 bits per heavy atom. The van der Waals surface area contributed by atoms with Crippen molar-refractivity contribution in [1.29, 1.82) is 0 Å². The molecule has 0 radical (unpaired) electrons. The van der Waals surface area contributed by atoms with Gasteiger partial charge in [-0.25, -0.2) is 0 Å². The average Bonchev–Trinajstić information content (AvgIpc) is 3.45. The maximum absolute atomic E-state index is 12.5. The molecule has 5 rings (SSSR count). The van der Waals surface area contributed by atoms with Crippen LogP contribution in [-0.4, -0.2) is 31.3 Å². The van der Waals surface area contributed by atoms with Crippen LogP contribution in [0.1, 0.15) is 10.5 Å². The van der Waals surface area contributed by atoms with Crippen LogP contribution in [0.5, 0.6) is 0 Å². The molecule has 0 bridgehead atoms. The van der Waals surface area contributed by atoms with Crippen LogP contribution < -0.4 is 10.6 Å². The number of aromatic nitrogens is 5. The van der Waals surface area contributed by atoms with Crippen molar-refractivity contribution in [2.75, 3.05) is 10.6 Å². The van der Waals surface area contributed by atoms with E-state index in [1.54, 1.807) is 12.3 Å². The van der Waals surface area contributed by atoms with Crippen LogP contribution in [0, 0.1) is 0 Å². The Balaban J connectivity index is 1.37. The molecule has 0 aliphatic carbocycles. The molecule has 0 spiro atoms. The fourth-order valence-electron chi connectivity index (χ4n) is 3.24. The van der Waals surface area contributed by atoms with E-state index in [9.17, 15) is 4.79 Å². The Kier molecular flexibility index (Phi) is 4.41. The van der Waals surface area contributed by atoms with Gasteiger partial charge in [0.25, 0.3) is 5.91 Å². The van der Waals surface area contributed by atoms with Gasteiger partial charge in [0.05, 0.1) is 24.3 Å². The molecule has 0 aliphatic heterocycles. The number of H-pyrrole nitrogens is 2. The van der Waals surface area contributed by atoms with Crippen LogP contribution in [-0.2, 0) is 0 Å². The first-order chi connectivity index (χ1) is 14.7. The maximum atomic E-state index is 12.5. The number of hydrogen-bond acceptors (Lipinski definition) is 5. The highest BCUT2D eigenvalue weighted by molar-refractivity contribution is 6.06. The van der Waals surface area contributed by atoms with E-state index in [1.807, 2.05) is 48.7 Å². The summed E-state index contributed by atoms with van der Waals surface area (Å²) in [4.78, 5) is 15.7. The molecular weight excluding hydrogens is 378 g/mol. The molecule has 1 amide bonds. The summed E-state index contributed by atoms with van der Waals surface area (Å²) in [5.41, 5.74) is 5.90. The molecule has 0 fully saturated rings. The van der Waals surface area contributed by atoms with Crippen LogP contribution in [0.3, 0.4) is 0 Å². The first kappa shape index (κ1) is 17.6. The van der Waals surface area contributed by atoms with Crippen molar-refractivity contribution in [3.05, 3.63) is 85.1 Å². The van der Waals surface area contributed by atoms with Gasteiger partial charge in [0.2, 0.25) is 0 Å². The lowest BCUT2D eigenvalue weighted by Crippen LogP contribution is -2.12. The minimum absolute atomic E-state index is 0.235. The van der Waals surface area contributed by atoms with Gasteiger partial charge in [-0.1, -0.05) is 18.2 Å². The third-order valence-corrected chi connectivity index (χ3v) is 4.69. The summed E-state index contributed by atoms with van der Waals surface area (Å²) in [7, 11) is 0. The Labute approximate surface area is 171 Å². The number of benzene rings is 2. The number of aromatic amines is 2. The third-order valence-electron chi connectivity index (χ3n) is 4.69. The molecular formula is C22H17N7O. The second-order valence-electron chi connectivity index (χ2n) is 6.76. The van der Waals surface area contributed by atoms with Gasteiger partial charge >= 0.3 is 0 Å². The molecule has 0 saturated heterocycles. The van der Waals surface area contributed by atoms with E-state index in [0.29, 0.717) is 11.4 Å². The molecule has 0 atom stereocenters. The molecule has 0 saturated carbocycles. The SMILES string of the molecule is O=C(Nc1ccnnc1)c1cc2ccc(Nc3cccc(-c4cn[nH]c4)c3)cc2[nH]1. The number of fused-ring (bicyclic) bond motifs is 1. The summed E-state index contributed by atoms with van der Waals surface area (Å²) >= 11 is 0. The number of nitrogens with one attached hydrogen (secondary N) is 4. The first-order valence-electron chi connectivity index (χ1n) is 9.32. The van der Waals surface area contributed by atoms with E-state index < -0.39 is 0 Å². The molecule has 2 aromatic carbocycles. The predicted molar refractivity (Wildman–Crippen MR) is 116 cm³/mol. The van der Waals surface area contributed by atoms with E-state index in [1.165, 1.54) is 12.4 Å². The van der Waals surface area contributed by atoms with E-state index in [-0.39, 0.29) is 5.91 Å². The van der Waals surface area contributed by atoms with E-state index in [2.05, 4.69) is 42.1 Å². The molecule has 146 valence electrons. The van der Waals surface area contributed by atoms with Gasteiger partial charge in [-0.3, -0.25) is 9.89 Å². The Hall–Kier alpha value is -4.46. The molecule has 30 heavy (non-hydrogen) atoms. The van der Waals surface area contributed by atoms with Gasteiger partial charge < -0.3 is 15.6 Å². The standard InChI is InChI=1S/C22H17N7O/c30-22(28-19-6-7-23-26-13-19)21-9-15-4-5-18(10-20(15)29-21)27-17-3-1-2-14(8-17)16-11-24-25-12-16/h1-13,27,29H,(H,24,25)(H,23,28,30). The number of amides is 1. The molecule has 8 nitrogen and oxygen atoms in total. The average molecular weight is 395 g/mol. The molecule has 0 aliphatic rings. The van der Waals surface area contributed by atoms with E-state index in [4.69, 9.17) is 0 Å². The summed E-state index contributed by atoms with van der Waals surface area (Å²) in [6.45, 7) is 0. The van der Waals surface area contributed by atoms with E-state index in [0.717, 1.165) is 33.4 Å². The monoisotopic (exact) mass is 395 g/mol. The number of rotatable bonds is 5. The number of anilines is 3. The first-order valence-corrected chi connectivity index (χ1v) is 9.32. The van der Waals surface area contributed by atoms with Crippen molar-refractivity contribution in [3.63, 3.8) is 0 Å². The van der Waals surface area contributed by atoms with Crippen LogP contribution >= 0.6 is 0 Å². The zero-order valence-corrected chi connectivity index (χ0v) is 15.8. The molecule has 0 unspecified atom stereocenters. The minimum atomic E-state index is -0.235. The van der Waals surface area contributed by atoms with E-state index >= 15 is 0 Å². The molecule has 8 heteroatoms. The van der Waals surface area contributed by atoms with Gasteiger partial charge in [-0.2, -0.15) is 15.3 Å². The predicted octanol–water partition coefficient (Wildman–Crippen LogP) is 4.34. The summed E-state index contributed by atoms with van der Waals surface area (Å²) in [6.07, 6.45) is 6.68. The lowest BCUT2D eigenvalue weighted by molar-refractivity contribution is 0.102. The van der Waals surface area contributed by atoms with Crippen molar-refractivity contribution in [2.45, 2.75) is 0 Å². The molecule has 3 aromatic heterocycles. The summed E-state index contributed by atoms with van der Waals surface area (Å²) < 4.78 is 0. The summed E-state index contributed by atoms with van der Waals surface area (Å²) in [6, 6.07) is 17.5. The highest BCUT2D eigenvalue weighted by atomic mass is 16.1. The van der Waals surface area contributed by atoms with Gasteiger partial charge in [-0.05, 0) is 42.0 Å². The van der Waals surface area contributed by atoms with Crippen LogP contribution in [0.2, 0.25) is 0 Å². The zero-order valence-electron chi connectivity index (χ0n) is 15.8. The third kappa shape index (κ3) is 3.61. The van der Waals surface area contributed by atoms with Gasteiger partial charge in [0.15, 0.2) is 0 Å². The van der Waals surface area contributed by atoms with Gasteiger partial charge in [0, 0.05) is 34.0 Å². The van der Waals surface area contributed by atoms with Gasteiger partial charge in [0.1, 0.15) is 5.69 Å². The molecule has 4 N–H and O–H groups in total. The fourth-order valence-corrected chi connectivity index (χ4v) is 3.24. The Morgan fingerprint density at radius 1 is 0.867 bits per heavy atom. The Morgan fingerprint density at radius 3 is 2.63 bits per heavy atom. The minimum Gasteiger partial charge on any atom is -0.355 e. The lowest BCUT2D eigenvalue weighted by Gasteiger charge is -2.08. The molecule has 3 heterocycles. The number of carbonyl (C=O) groups excluding carboxylic acids is 1. The summed E-state index contributed by atoms with van der Waals surface area (Å²) in [5, 5.41) is 21.5. The van der Waals surface area contributed by atoms with Crippen LogP contribution in [0.25, 0.3) is 22.0 Å². The van der Waals surface area contributed by atoms with Gasteiger partial charge in [-0.15, -0.1) is 0 Å². The van der Waals surface area contributed by atoms with Crippen molar-refractivity contribution in [1.82, 2.24) is 25.4 Å². The second kappa shape index (κ2) is 7.51. The van der Waals surface area contributed by atoms with Crippen molar-refractivity contribution >= 4 is 33.9 Å². The zero-order chi connectivity index (χ0) is 20.3. The van der Waals surface area contributed by atoms with Crippen molar-refractivity contribution in [3.8, 4) is 11.1 Å². The fraction of sp³-hybridized carbons (Fsp3) is 0. The van der Waals surface area contributed by atoms with Crippen LogP contribution in [0.15, 0.2) is 79.4 Å². The number of carbonyl (C=O) groups is 1. The smallest absolute Gasteiger partial charge is 0.272 e. The second-order valence-corrected chi connectivity index (χ2v) is 6.76. The van der Waals surface area contributed by atoms with Crippen LogP contribution in [0.4, 0.5) is 17.1 Å². The largest absolute Gasteiger partial charge is 0.355 e. The molecule has 5 aromatic rings. The normalized spacial score (nSPS) is 10.8. The number of nitrogens with zero attached hydrogens (tertiary/aromatic N) is 3. The van der Waals surface area contributed by atoms with Crippen molar-refractivity contribution < 1.29 is 4.79 Å². The summed E-state index contributed by atoms with van der Waals surface area (Å²) in [5.74, 6) is -0.235.